The molecule has 1 unspecified atom stereocenters. The largest absolute Gasteiger partial charge is 0.313 e. The topological polar surface area (TPSA) is 24.9 Å². The summed E-state index contributed by atoms with van der Waals surface area (Å²) in [5.41, 5.74) is 1.30. The van der Waals surface area contributed by atoms with Crippen molar-refractivity contribution in [2.45, 2.75) is 37.3 Å². The fourth-order valence-corrected chi connectivity index (χ4v) is 2.90. The number of hydrogen-bond donors (Lipinski definition) is 1. The summed E-state index contributed by atoms with van der Waals surface area (Å²) in [5, 5.41) is 4.71. The zero-order chi connectivity index (χ0) is 10.5. The molecule has 0 bridgehead atoms. The molecule has 0 spiro atoms. The normalized spacial score (nSPS) is 20.2. The van der Waals surface area contributed by atoms with Crippen molar-refractivity contribution >= 4 is 24.2 Å². The minimum absolute atomic E-state index is 0. The fraction of sp³-hybridized carbons (Fsp3) is 0.583. The van der Waals surface area contributed by atoms with Crippen molar-refractivity contribution in [2.75, 3.05) is 12.3 Å². The number of piperidine rings is 1. The lowest BCUT2D eigenvalue weighted by molar-refractivity contribution is 0.430. The number of thioether (sulfide) groups is 1. The van der Waals surface area contributed by atoms with Crippen molar-refractivity contribution in [1.82, 2.24) is 10.3 Å². The van der Waals surface area contributed by atoms with Crippen LogP contribution in [0.15, 0.2) is 23.4 Å². The van der Waals surface area contributed by atoms with Crippen LogP contribution in [-0.4, -0.2) is 23.3 Å². The molecule has 2 nitrogen and oxygen atoms in total. The fourth-order valence-electron chi connectivity index (χ4n) is 1.84. The number of halogens is 1. The van der Waals surface area contributed by atoms with Crippen LogP contribution in [0.5, 0.6) is 0 Å². The third-order valence-electron chi connectivity index (χ3n) is 2.74. The van der Waals surface area contributed by atoms with Gasteiger partial charge in [-0.15, -0.1) is 24.2 Å². The van der Waals surface area contributed by atoms with Gasteiger partial charge in [-0.1, -0.05) is 6.42 Å². The van der Waals surface area contributed by atoms with Crippen LogP contribution in [0.1, 0.15) is 24.8 Å². The van der Waals surface area contributed by atoms with Crippen molar-refractivity contribution in [3.8, 4) is 0 Å². The van der Waals surface area contributed by atoms with Crippen molar-refractivity contribution in [1.29, 1.82) is 0 Å². The molecular formula is C12H19ClN2S. The standard InChI is InChI=1S/C12H18N2S.ClH/c1-10-5-7-14-12(8-10)15-9-11-4-2-3-6-13-11;/h5,7-8,11,13H,2-4,6,9H2,1H3;1H. The lowest BCUT2D eigenvalue weighted by atomic mass is 10.1. The summed E-state index contributed by atoms with van der Waals surface area (Å²) in [7, 11) is 0. The van der Waals surface area contributed by atoms with Crippen LogP contribution in [0, 0.1) is 6.92 Å². The Bertz CT molecular complexity index is 314. The molecule has 1 N–H and O–H groups in total. The SMILES string of the molecule is Cc1ccnc(SCC2CCCCN2)c1.Cl. The molecule has 1 atom stereocenters. The molecule has 1 aliphatic heterocycles. The summed E-state index contributed by atoms with van der Waals surface area (Å²) in [4.78, 5) is 4.36. The number of aryl methyl sites for hydroxylation is 1. The lowest BCUT2D eigenvalue weighted by Crippen LogP contribution is -2.35. The molecular weight excluding hydrogens is 240 g/mol. The Kier molecular flexibility index (Phi) is 6.17. The monoisotopic (exact) mass is 258 g/mol. The summed E-state index contributed by atoms with van der Waals surface area (Å²) in [6.45, 7) is 3.30. The van der Waals surface area contributed by atoms with Crippen molar-refractivity contribution in [2.24, 2.45) is 0 Å². The summed E-state index contributed by atoms with van der Waals surface area (Å²) >= 11 is 1.87. The van der Waals surface area contributed by atoms with Gasteiger partial charge < -0.3 is 5.32 Å². The highest BCUT2D eigenvalue weighted by atomic mass is 35.5. The summed E-state index contributed by atoms with van der Waals surface area (Å²) in [6.07, 6.45) is 5.92. The minimum atomic E-state index is 0. The Morgan fingerprint density at radius 3 is 3.06 bits per heavy atom. The smallest absolute Gasteiger partial charge is 0.0962 e. The Morgan fingerprint density at radius 2 is 2.38 bits per heavy atom. The van der Waals surface area contributed by atoms with Crippen molar-refractivity contribution in [3.63, 3.8) is 0 Å². The van der Waals surface area contributed by atoms with Gasteiger partial charge in [0.25, 0.3) is 0 Å². The molecule has 16 heavy (non-hydrogen) atoms. The van der Waals surface area contributed by atoms with Gasteiger partial charge in [-0.05, 0) is 44.0 Å². The van der Waals surface area contributed by atoms with Gasteiger partial charge in [0.05, 0.1) is 5.03 Å². The highest BCUT2D eigenvalue weighted by molar-refractivity contribution is 7.99. The third kappa shape index (κ3) is 4.32. The number of hydrogen-bond acceptors (Lipinski definition) is 3. The average Bonchev–Trinajstić information content (AvgIpc) is 2.28. The predicted molar refractivity (Wildman–Crippen MR) is 72.6 cm³/mol. The van der Waals surface area contributed by atoms with E-state index >= 15 is 0 Å². The molecule has 1 aliphatic rings. The Hall–Kier alpha value is -0.250. The minimum Gasteiger partial charge on any atom is -0.313 e. The maximum atomic E-state index is 4.36. The first-order chi connectivity index (χ1) is 7.34. The van der Waals surface area contributed by atoms with Gasteiger partial charge in [0, 0.05) is 18.0 Å². The van der Waals surface area contributed by atoms with E-state index in [0.29, 0.717) is 6.04 Å². The second kappa shape index (κ2) is 7.15. The van der Waals surface area contributed by atoms with Gasteiger partial charge >= 0.3 is 0 Å². The molecule has 0 radical (unpaired) electrons. The van der Waals surface area contributed by atoms with Crippen molar-refractivity contribution in [3.05, 3.63) is 23.9 Å². The van der Waals surface area contributed by atoms with E-state index in [-0.39, 0.29) is 12.4 Å². The Balaban J connectivity index is 0.00000128. The first-order valence-corrected chi connectivity index (χ1v) is 6.62. The van der Waals surface area contributed by atoms with E-state index in [1.54, 1.807) is 0 Å². The van der Waals surface area contributed by atoms with Gasteiger partial charge in [-0.25, -0.2) is 4.98 Å². The van der Waals surface area contributed by atoms with E-state index in [1.165, 1.54) is 31.4 Å². The molecule has 1 aromatic rings. The zero-order valence-corrected chi connectivity index (χ0v) is 11.2. The molecule has 1 aromatic heterocycles. The molecule has 0 aliphatic carbocycles. The quantitative estimate of drug-likeness (QED) is 0.844. The average molecular weight is 259 g/mol. The second-order valence-electron chi connectivity index (χ2n) is 4.13. The zero-order valence-electron chi connectivity index (χ0n) is 9.61. The lowest BCUT2D eigenvalue weighted by Gasteiger charge is -2.22. The van der Waals surface area contributed by atoms with Crippen molar-refractivity contribution < 1.29 is 0 Å². The van der Waals surface area contributed by atoms with Crippen LogP contribution in [0.4, 0.5) is 0 Å². The van der Waals surface area contributed by atoms with Gasteiger partial charge in [0.2, 0.25) is 0 Å². The summed E-state index contributed by atoms with van der Waals surface area (Å²) in [6, 6.07) is 4.89. The van der Waals surface area contributed by atoms with E-state index < -0.39 is 0 Å². The van der Waals surface area contributed by atoms with Gasteiger partial charge in [-0.3, -0.25) is 0 Å². The third-order valence-corrected chi connectivity index (χ3v) is 3.82. The number of rotatable bonds is 3. The highest BCUT2D eigenvalue weighted by Gasteiger charge is 2.12. The van der Waals surface area contributed by atoms with Gasteiger partial charge in [0.1, 0.15) is 0 Å². The number of aromatic nitrogens is 1. The predicted octanol–water partition coefficient (Wildman–Crippen LogP) is 3.05. The molecule has 2 rings (SSSR count). The molecule has 90 valence electrons. The van der Waals surface area contributed by atoms with E-state index in [9.17, 15) is 0 Å². The highest BCUT2D eigenvalue weighted by Crippen LogP contribution is 2.19. The summed E-state index contributed by atoms with van der Waals surface area (Å²) < 4.78 is 0. The number of nitrogens with zero attached hydrogens (tertiary/aromatic N) is 1. The van der Waals surface area contributed by atoms with Gasteiger partial charge in [0.15, 0.2) is 0 Å². The van der Waals surface area contributed by atoms with Crippen LogP contribution in [0.2, 0.25) is 0 Å². The molecule has 4 heteroatoms. The van der Waals surface area contributed by atoms with Crippen LogP contribution < -0.4 is 5.32 Å². The Morgan fingerprint density at radius 1 is 1.50 bits per heavy atom. The van der Waals surface area contributed by atoms with Gasteiger partial charge in [-0.2, -0.15) is 0 Å². The van der Waals surface area contributed by atoms with E-state index in [2.05, 4.69) is 23.3 Å². The molecule has 1 saturated heterocycles. The van der Waals surface area contributed by atoms with Crippen LogP contribution in [0.25, 0.3) is 0 Å². The van der Waals surface area contributed by atoms with E-state index in [1.807, 2.05) is 24.0 Å². The van der Waals surface area contributed by atoms with Crippen LogP contribution >= 0.6 is 24.2 Å². The van der Waals surface area contributed by atoms with Crippen LogP contribution in [0.3, 0.4) is 0 Å². The Labute approximate surface area is 108 Å². The maximum Gasteiger partial charge on any atom is 0.0962 e. The van der Waals surface area contributed by atoms with E-state index in [4.69, 9.17) is 0 Å². The molecule has 2 heterocycles. The van der Waals surface area contributed by atoms with Crippen LogP contribution in [-0.2, 0) is 0 Å². The first-order valence-electron chi connectivity index (χ1n) is 5.63. The summed E-state index contributed by atoms with van der Waals surface area (Å²) in [5.74, 6) is 1.15. The first kappa shape index (κ1) is 13.8. The number of nitrogens with one attached hydrogen (secondary N) is 1. The molecule has 1 fully saturated rings. The molecule has 0 amide bonds. The number of pyridine rings is 1. The second-order valence-corrected chi connectivity index (χ2v) is 5.17. The molecule has 0 saturated carbocycles. The molecule has 0 aromatic carbocycles. The maximum absolute atomic E-state index is 4.36. The van der Waals surface area contributed by atoms with E-state index in [0.717, 1.165) is 10.8 Å².